The van der Waals surface area contributed by atoms with E-state index in [9.17, 15) is 0 Å². The predicted octanol–water partition coefficient (Wildman–Crippen LogP) is -0.883. The van der Waals surface area contributed by atoms with Gasteiger partial charge in [-0.25, -0.2) is 0 Å². The van der Waals surface area contributed by atoms with Gasteiger partial charge in [0.25, 0.3) is 0 Å². The van der Waals surface area contributed by atoms with Gasteiger partial charge in [-0.1, -0.05) is 0 Å². The molecule has 0 bridgehead atoms. The third-order valence-electron chi connectivity index (χ3n) is 0. The van der Waals surface area contributed by atoms with Gasteiger partial charge in [-0.2, -0.15) is 0 Å². The van der Waals surface area contributed by atoms with E-state index in [0.29, 0.717) is 0 Å². The van der Waals surface area contributed by atoms with Crippen molar-refractivity contribution in [2.24, 2.45) is 0 Å². The first-order valence-electron chi connectivity index (χ1n) is 0.136. The van der Waals surface area contributed by atoms with E-state index in [4.69, 9.17) is 3.87 Å². The molecule has 0 saturated carbocycles. The first-order chi connectivity index (χ1) is 1.00. The Balaban J connectivity index is -0.00000000500. The molecule has 0 heterocycles. The third kappa shape index (κ3) is 12.3. The number of rotatable bonds is 0. The SMILES string of the molecule is [B].[Li].[O]=[Co]. The molecular formula is BCoLiO. The maximum absolute atomic E-state index is 7.94. The fraction of sp³-hybridized carbons (Fsp3) is 0. The fourth-order valence-electron chi connectivity index (χ4n) is 0. The van der Waals surface area contributed by atoms with Gasteiger partial charge in [-0.05, 0) is 0 Å². The monoisotopic (exact) mass is 93.0 g/mol. The van der Waals surface area contributed by atoms with E-state index in [-0.39, 0.29) is 27.3 Å². The molecule has 0 aliphatic rings. The van der Waals surface area contributed by atoms with Crippen molar-refractivity contribution in [1.82, 2.24) is 0 Å². The van der Waals surface area contributed by atoms with Crippen molar-refractivity contribution in [3.05, 3.63) is 0 Å². The first kappa shape index (κ1) is 20.2. The molecule has 0 fully saturated rings. The van der Waals surface area contributed by atoms with Gasteiger partial charge in [0, 0.05) is 27.3 Å². The van der Waals surface area contributed by atoms with Crippen LogP contribution in [0.3, 0.4) is 0 Å². The van der Waals surface area contributed by atoms with E-state index in [2.05, 4.69) is 15.7 Å². The Labute approximate surface area is 47.1 Å². The summed E-state index contributed by atoms with van der Waals surface area (Å²) in [7, 11) is 0. The van der Waals surface area contributed by atoms with Crippen LogP contribution >= 0.6 is 0 Å². The molecule has 0 amide bonds. The summed E-state index contributed by atoms with van der Waals surface area (Å²) in [6.45, 7) is 0. The molecule has 0 spiro atoms. The molecule has 4 heteroatoms. The van der Waals surface area contributed by atoms with Crippen LogP contribution in [0.2, 0.25) is 0 Å². The molecule has 1 nitrogen and oxygen atoms in total. The zero-order valence-corrected chi connectivity index (χ0v) is 3.36. The van der Waals surface area contributed by atoms with E-state index in [1.165, 1.54) is 0 Å². The van der Waals surface area contributed by atoms with Crippen LogP contribution in [0.1, 0.15) is 0 Å². The van der Waals surface area contributed by atoms with E-state index in [1.807, 2.05) is 0 Å². The van der Waals surface area contributed by atoms with Gasteiger partial charge in [-0.3, -0.25) is 0 Å². The topological polar surface area (TPSA) is 17.1 Å². The Kier molecular flexibility index (Phi) is 188. The van der Waals surface area contributed by atoms with Gasteiger partial charge < -0.3 is 0 Å². The summed E-state index contributed by atoms with van der Waals surface area (Å²) in [6.07, 6.45) is 0. The third-order valence-corrected chi connectivity index (χ3v) is 0. The van der Waals surface area contributed by atoms with E-state index >= 15 is 0 Å². The van der Waals surface area contributed by atoms with Crippen molar-refractivity contribution in [3.8, 4) is 0 Å². The molecular weight excluding hydrogens is 92.7 g/mol. The van der Waals surface area contributed by atoms with E-state index in [1.54, 1.807) is 0 Å². The van der Waals surface area contributed by atoms with Gasteiger partial charge in [-0.15, -0.1) is 0 Å². The molecule has 0 unspecified atom stereocenters. The van der Waals surface area contributed by atoms with Gasteiger partial charge in [0.1, 0.15) is 0 Å². The standard InChI is InChI=1S/B.Co.Li.O. The summed E-state index contributed by atoms with van der Waals surface area (Å²) in [4.78, 5) is 0. The second-order valence-corrected chi connectivity index (χ2v) is 0. The molecule has 0 aliphatic carbocycles. The summed E-state index contributed by atoms with van der Waals surface area (Å²) < 4.78 is 7.94. The van der Waals surface area contributed by atoms with Crippen LogP contribution in [0.4, 0.5) is 0 Å². The molecule has 0 aromatic carbocycles. The first-order valence-corrected chi connectivity index (χ1v) is 0.561. The van der Waals surface area contributed by atoms with E-state index in [0.717, 1.165) is 0 Å². The molecule has 4 heavy (non-hydrogen) atoms. The number of hydrogen-bond donors (Lipinski definition) is 0. The summed E-state index contributed by atoms with van der Waals surface area (Å²) in [5.74, 6) is 0. The second kappa shape index (κ2) is 37.3. The molecule has 0 N–H and O–H groups in total. The Morgan fingerprint density at radius 1 is 1.25 bits per heavy atom. The summed E-state index contributed by atoms with van der Waals surface area (Å²) in [5.41, 5.74) is 0. The van der Waals surface area contributed by atoms with Crippen LogP contribution in [0.25, 0.3) is 0 Å². The average molecular weight is 92.7 g/mol. The van der Waals surface area contributed by atoms with Gasteiger partial charge in [0.2, 0.25) is 0 Å². The molecule has 0 aromatic heterocycles. The summed E-state index contributed by atoms with van der Waals surface area (Å²) >= 11 is 2.31. The van der Waals surface area contributed by atoms with Gasteiger partial charge in [0.05, 0.1) is 0 Å². The van der Waals surface area contributed by atoms with Crippen molar-refractivity contribution in [2.75, 3.05) is 0 Å². The molecule has 0 rings (SSSR count). The normalized spacial score (nSPS) is 1.25. The Morgan fingerprint density at radius 2 is 1.25 bits per heavy atom. The van der Waals surface area contributed by atoms with Crippen molar-refractivity contribution in [1.29, 1.82) is 0 Å². The van der Waals surface area contributed by atoms with Crippen LogP contribution in [0, 0.1) is 0 Å². The molecule has 19 valence electrons. The second-order valence-electron chi connectivity index (χ2n) is 0. The molecule has 0 aliphatic heterocycles. The zero-order valence-electron chi connectivity index (χ0n) is 2.32. The Bertz CT molecular complexity index is 8.00. The minimum absolute atomic E-state index is 0. The van der Waals surface area contributed by atoms with Crippen LogP contribution in [-0.2, 0) is 19.5 Å². The van der Waals surface area contributed by atoms with Gasteiger partial charge >= 0.3 is 19.5 Å². The summed E-state index contributed by atoms with van der Waals surface area (Å²) in [5, 5.41) is 0. The van der Waals surface area contributed by atoms with Crippen molar-refractivity contribution >= 4 is 27.3 Å². The van der Waals surface area contributed by atoms with E-state index < -0.39 is 0 Å². The van der Waals surface area contributed by atoms with Crippen LogP contribution in [0.15, 0.2) is 0 Å². The van der Waals surface area contributed by atoms with Crippen LogP contribution < -0.4 is 0 Å². The van der Waals surface area contributed by atoms with Crippen molar-refractivity contribution in [2.45, 2.75) is 0 Å². The molecule has 4 radical (unpaired) electrons. The van der Waals surface area contributed by atoms with Crippen molar-refractivity contribution < 1.29 is 19.5 Å². The zero-order chi connectivity index (χ0) is 2.00. The minimum atomic E-state index is 0. The molecule has 0 atom stereocenters. The van der Waals surface area contributed by atoms with Gasteiger partial charge in [0.15, 0.2) is 0 Å². The molecule has 0 saturated heterocycles. The maximum atomic E-state index is 7.94. The average Bonchev–Trinajstić information content (AvgIpc) is 1.00. The summed E-state index contributed by atoms with van der Waals surface area (Å²) in [6, 6.07) is 0. The fourth-order valence-corrected chi connectivity index (χ4v) is 0. The molecule has 0 aromatic rings. The van der Waals surface area contributed by atoms with Crippen molar-refractivity contribution in [3.63, 3.8) is 0 Å². The predicted molar refractivity (Wildman–Crippen MR) is 12.2 cm³/mol. The Hall–Kier alpha value is 0.969. The van der Waals surface area contributed by atoms with Crippen LogP contribution in [-0.4, -0.2) is 27.3 Å². The Morgan fingerprint density at radius 3 is 1.25 bits per heavy atom. The number of hydrogen-bond acceptors (Lipinski definition) is 1. The van der Waals surface area contributed by atoms with Crippen LogP contribution in [0.5, 0.6) is 0 Å². The quantitative estimate of drug-likeness (QED) is 0.355.